The number of aliphatic carboxylic acids is 2. The number of rotatable bonds is 15. The first-order valence-corrected chi connectivity index (χ1v) is 22.3. The van der Waals surface area contributed by atoms with Crippen molar-refractivity contribution in [2.45, 2.75) is 83.5 Å². The van der Waals surface area contributed by atoms with Gasteiger partial charge in [0.15, 0.2) is 0 Å². The highest BCUT2D eigenvalue weighted by molar-refractivity contribution is 5.93. The highest BCUT2D eigenvalue weighted by Gasteiger charge is 2.42. The van der Waals surface area contributed by atoms with Crippen molar-refractivity contribution in [1.82, 2.24) is 20.9 Å². The lowest BCUT2D eigenvalue weighted by atomic mass is 9.98. The number of carboxylic acid groups (broad SMARTS) is 2. The van der Waals surface area contributed by atoms with Gasteiger partial charge in [0.2, 0.25) is 11.8 Å². The van der Waals surface area contributed by atoms with Crippen LogP contribution in [0.1, 0.15) is 81.5 Å². The fraction of sp³-hybridized carbons (Fsp3) is 0.392. The fourth-order valence-electron chi connectivity index (χ4n) is 9.07. The molecule has 3 aliphatic rings. The van der Waals surface area contributed by atoms with E-state index in [9.17, 15) is 28.8 Å². The van der Waals surface area contributed by atoms with Gasteiger partial charge in [-0.05, 0) is 68.7 Å². The number of carbonyl (C=O) groups excluding carboxylic acids is 4. The van der Waals surface area contributed by atoms with Gasteiger partial charge in [-0.3, -0.25) is 19.4 Å². The van der Waals surface area contributed by atoms with Crippen LogP contribution in [-0.4, -0.2) is 108 Å². The molecule has 1 heterocycles. The molecule has 1 saturated heterocycles. The van der Waals surface area contributed by atoms with Crippen LogP contribution in [0.2, 0.25) is 0 Å². The average Bonchev–Trinajstić information content (AvgIpc) is 3.95. The number of carbonyl (C=O) groups is 6. The predicted molar refractivity (Wildman–Crippen MR) is 249 cm³/mol. The SMILES string of the molecule is CC(C)[C@H](NC(=O)OCC1c2ccccc2-c2ccccc21)C(=O)O.CN=C[C@H](CC(=O)O)NC(=O)[C@@H]1C[C@@H](C)CN1C(=O)[C@@H](NC(=O)OCC1c2ccccc2-c2ccccc21)C(C)C. The van der Waals surface area contributed by atoms with Crippen LogP contribution < -0.4 is 16.0 Å². The molecule has 4 aromatic rings. The highest BCUT2D eigenvalue weighted by Crippen LogP contribution is 2.45. The summed E-state index contributed by atoms with van der Waals surface area (Å²) in [5, 5.41) is 26.2. The Bertz CT molecular complexity index is 2360. The predicted octanol–water partition coefficient (Wildman–Crippen LogP) is 7.08. The maximum absolute atomic E-state index is 13.7. The third kappa shape index (κ3) is 11.2. The fourth-order valence-corrected chi connectivity index (χ4v) is 9.07. The molecule has 0 aromatic heterocycles. The van der Waals surface area contributed by atoms with Crippen LogP contribution in [0.15, 0.2) is 102 Å². The first kappa shape index (κ1) is 48.4. The van der Waals surface area contributed by atoms with Gasteiger partial charge in [0.25, 0.3) is 0 Å². The van der Waals surface area contributed by atoms with E-state index in [1.807, 2.05) is 93.6 Å². The molecule has 1 fully saturated rings. The van der Waals surface area contributed by atoms with Gasteiger partial charge >= 0.3 is 24.1 Å². The van der Waals surface area contributed by atoms with Gasteiger partial charge in [-0.2, -0.15) is 0 Å². The van der Waals surface area contributed by atoms with Crippen LogP contribution in [0.3, 0.4) is 0 Å². The monoisotopic (exact) mass is 901 g/mol. The highest BCUT2D eigenvalue weighted by atomic mass is 16.6. The maximum atomic E-state index is 13.7. The maximum Gasteiger partial charge on any atom is 0.407 e. The van der Waals surface area contributed by atoms with Crippen molar-refractivity contribution in [1.29, 1.82) is 0 Å². The van der Waals surface area contributed by atoms with E-state index >= 15 is 0 Å². The Labute approximate surface area is 385 Å². The quantitative estimate of drug-likeness (QED) is 0.0765. The van der Waals surface area contributed by atoms with Crippen molar-refractivity contribution in [2.24, 2.45) is 22.7 Å². The zero-order chi connectivity index (χ0) is 47.7. The second-order valence-corrected chi connectivity index (χ2v) is 17.7. The summed E-state index contributed by atoms with van der Waals surface area (Å²) in [5.41, 5.74) is 8.96. The molecule has 0 saturated carbocycles. The molecular formula is C51H59N5O10. The van der Waals surface area contributed by atoms with Crippen LogP contribution in [0, 0.1) is 17.8 Å². The number of hydrogen-bond donors (Lipinski definition) is 5. The normalized spacial score (nSPS) is 17.4. The molecule has 0 radical (unpaired) electrons. The Morgan fingerprint density at radius 3 is 1.45 bits per heavy atom. The molecule has 7 rings (SSSR count). The molecular weight excluding hydrogens is 843 g/mol. The molecule has 0 unspecified atom stereocenters. The van der Waals surface area contributed by atoms with Gasteiger partial charge in [0, 0.05) is 31.6 Å². The zero-order valence-electron chi connectivity index (χ0n) is 38.1. The molecule has 5 atom stereocenters. The third-order valence-corrected chi connectivity index (χ3v) is 12.2. The number of ether oxygens (including phenoxy) is 2. The molecule has 348 valence electrons. The van der Waals surface area contributed by atoms with Gasteiger partial charge in [0.05, 0.1) is 12.5 Å². The number of aliphatic imine (C=N–C) groups is 1. The first-order chi connectivity index (χ1) is 31.6. The second-order valence-electron chi connectivity index (χ2n) is 17.7. The molecule has 5 N–H and O–H groups in total. The Morgan fingerprint density at radius 2 is 1.08 bits per heavy atom. The molecule has 4 amide bonds. The minimum Gasteiger partial charge on any atom is -0.481 e. The Hall–Kier alpha value is -7.03. The lowest BCUT2D eigenvalue weighted by Crippen LogP contribution is -2.56. The number of fused-ring (bicyclic) bond motifs is 6. The van der Waals surface area contributed by atoms with E-state index in [0.29, 0.717) is 13.0 Å². The standard InChI is InChI=1S/C31H38N4O6.C20H21NO4/c1-18(2)28(30(39)35-16-19(3)13-26(35)29(38)33-20(15-32-4)14-27(36)37)34-31(40)41-17-25-23-11-7-5-9-21(23)22-10-6-8-12-24(22)25;1-12(2)18(19(22)23)21-20(24)25-11-17-15-9-5-3-7-13(15)14-8-4-6-10-16(14)17/h5-12,15,18-20,25-26,28H,13-14,16-17H2,1-4H3,(H,33,38)(H,34,40)(H,36,37);3-10,12,17-18H,11H2,1-2H3,(H,21,24)(H,22,23)/t19-,20+,26+,28+;18-/m10/s1. The summed E-state index contributed by atoms with van der Waals surface area (Å²) in [6.45, 7) is 9.70. The average molecular weight is 902 g/mol. The van der Waals surface area contributed by atoms with E-state index in [-0.39, 0.29) is 55.1 Å². The summed E-state index contributed by atoms with van der Waals surface area (Å²) < 4.78 is 11.0. The lowest BCUT2D eigenvalue weighted by Gasteiger charge is -2.31. The van der Waals surface area contributed by atoms with E-state index in [1.54, 1.807) is 13.8 Å². The Morgan fingerprint density at radius 1 is 0.667 bits per heavy atom. The molecule has 2 aliphatic carbocycles. The molecule has 0 bridgehead atoms. The number of carboxylic acids is 2. The lowest BCUT2D eigenvalue weighted by molar-refractivity contribution is -0.141. The number of benzene rings is 4. The summed E-state index contributed by atoms with van der Waals surface area (Å²) in [4.78, 5) is 79.7. The largest absolute Gasteiger partial charge is 0.481 e. The third-order valence-electron chi connectivity index (χ3n) is 12.2. The second kappa shape index (κ2) is 21.8. The summed E-state index contributed by atoms with van der Waals surface area (Å²) in [6.07, 6.45) is 0.0654. The molecule has 1 aliphatic heterocycles. The van der Waals surface area contributed by atoms with Crippen LogP contribution in [0.4, 0.5) is 9.59 Å². The van der Waals surface area contributed by atoms with Crippen molar-refractivity contribution in [3.63, 3.8) is 0 Å². The summed E-state index contributed by atoms with van der Waals surface area (Å²) in [5.74, 6) is -3.56. The van der Waals surface area contributed by atoms with Gasteiger partial charge in [-0.25, -0.2) is 14.4 Å². The number of nitrogens with one attached hydrogen (secondary N) is 3. The van der Waals surface area contributed by atoms with Gasteiger partial charge in [-0.1, -0.05) is 132 Å². The zero-order valence-corrected chi connectivity index (χ0v) is 38.1. The van der Waals surface area contributed by atoms with Crippen molar-refractivity contribution in [3.8, 4) is 22.3 Å². The van der Waals surface area contributed by atoms with E-state index in [4.69, 9.17) is 19.7 Å². The van der Waals surface area contributed by atoms with Crippen molar-refractivity contribution in [3.05, 3.63) is 119 Å². The van der Waals surface area contributed by atoms with Crippen LogP contribution >= 0.6 is 0 Å². The minimum absolute atomic E-state index is 0.0412. The molecule has 15 heteroatoms. The van der Waals surface area contributed by atoms with Crippen molar-refractivity contribution >= 4 is 42.2 Å². The minimum atomic E-state index is -1.07. The Balaban J connectivity index is 0.000000245. The number of alkyl carbamates (subject to hydrolysis) is 2. The Kier molecular flexibility index (Phi) is 16.0. The molecule has 0 spiro atoms. The van der Waals surface area contributed by atoms with Gasteiger partial charge < -0.3 is 40.5 Å². The van der Waals surface area contributed by atoms with E-state index in [0.717, 1.165) is 44.5 Å². The van der Waals surface area contributed by atoms with Crippen LogP contribution in [-0.2, 0) is 28.7 Å². The van der Waals surface area contributed by atoms with Crippen LogP contribution in [0.5, 0.6) is 0 Å². The first-order valence-electron chi connectivity index (χ1n) is 22.3. The number of hydrogen-bond acceptors (Lipinski definition) is 9. The summed E-state index contributed by atoms with van der Waals surface area (Å²) in [6, 6.07) is 28.8. The van der Waals surface area contributed by atoms with Gasteiger partial charge in [0.1, 0.15) is 31.3 Å². The van der Waals surface area contributed by atoms with E-state index in [2.05, 4.69) is 45.2 Å². The van der Waals surface area contributed by atoms with Gasteiger partial charge in [-0.15, -0.1) is 0 Å². The van der Waals surface area contributed by atoms with E-state index in [1.165, 1.54) is 18.2 Å². The molecule has 66 heavy (non-hydrogen) atoms. The van der Waals surface area contributed by atoms with E-state index < -0.39 is 54.2 Å². The molecule has 4 aromatic carbocycles. The number of likely N-dealkylation sites (tertiary alicyclic amines) is 1. The van der Waals surface area contributed by atoms with Crippen molar-refractivity contribution in [2.75, 3.05) is 26.8 Å². The number of amides is 4. The topological polar surface area (TPSA) is 213 Å². The summed E-state index contributed by atoms with van der Waals surface area (Å²) >= 11 is 0. The number of nitrogens with zero attached hydrogens (tertiary/aromatic N) is 2. The smallest absolute Gasteiger partial charge is 0.407 e. The van der Waals surface area contributed by atoms with Crippen molar-refractivity contribution < 1.29 is 48.5 Å². The van der Waals surface area contributed by atoms with Crippen LogP contribution in [0.25, 0.3) is 22.3 Å². The molecule has 15 nitrogen and oxygen atoms in total. The summed E-state index contributed by atoms with van der Waals surface area (Å²) in [7, 11) is 1.50.